The molecule has 1 atom stereocenters. The number of piperazine rings is 1. The first-order valence-corrected chi connectivity index (χ1v) is 9.40. The number of nitrogens with zero attached hydrogens (tertiary/aromatic N) is 4. The highest BCUT2D eigenvalue weighted by Crippen LogP contribution is 2.21. The zero-order valence-corrected chi connectivity index (χ0v) is 14.7. The van der Waals surface area contributed by atoms with Crippen molar-refractivity contribution in [2.75, 3.05) is 26.2 Å². The molecule has 1 aromatic carbocycles. The monoisotopic (exact) mass is 338 g/mol. The van der Waals surface area contributed by atoms with Gasteiger partial charge in [0.1, 0.15) is 0 Å². The molecular weight excluding hydrogens is 312 g/mol. The van der Waals surface area contributed by atoms with Gasteiger partial charge in [0, 0.05) is 38.3 Å². The van der Waals surface area contributed by atoms with Gasteiger partial charge in [0.05, 0.1) is 11.9 Å². The lowest BCUT2D eigenvalue weighted by Gasteiger charge is -2.44. The molecule has 5 nitrogen and oxygen atoms in total. The SMILES string of the molecule is O=C(CCc1cnn(-c2ccccc2)c1)N1CCN2CCCC[C@@H]2C1. The fraction of sp³-hybridized carbons (Fsp3) is 0.500. The first-order chi connectivity index (χ1) is 12.3. The smallest absolute Gasteiger partial charge is 0.223 e. The molecule has 2 aromatic rings. The summed E-state index contributed by atoms with van der Waals surface area (Å²) < 4.78 is 1.88. The molecule has 0 radical (unpaired) electrons. The number of rotatable bonds is 4. The van der Waals surface area contributed by atoms with Crippen molar-refractivity contribution in [3.63, 3.8) is 0 Å². The molecule has 0 aliphatic carbocycles. The summed E-state index contributed by atoms with van der Waals surface area (Å²) in [5.41, 5.74) is 2.17. The van der Waals surface area contributed by atoms with Gasteiger partial charge in [-0.15, -0.1) is 0 Å². The predicted octanol–water partition coefficient (Wildman–Crippen LogP) is 2.50. The highest BCUT2D eigenvalue weighted by molar-refractivity contribution is 5.76. The van der Waals surface area contributed by atoms with Gasteiger partial charge in [-0.05, 0) is 43.5 Å². The molecule has 1 aromatic heterocycles. The van der Waals surface area contributed by atoms with Gasteiger partial charge in [-0.2, -0.15) is 5.10 Å². The molecule has 0 N–H and O–H groups in total. The second-order valence-electron chi connectivity index (χ2n) is 7.15. The van der Waals surface area contributed by atoms with E-state index in [-0.39, 0.29) is 5.91 Å². The van der Waals surface area contributed by atoms with Crippen molar-refractivity contribution in [3.05, 3.63) is 48.3 Å². The van der Waals surface area contributed by atoms with Crippen molar-refractivity contribution in [3.8, 4) is 5.69 Å². The lowest BCUT2D eigenvalue weighted by atomic mass is 9.99. The number of hydrogen-bond acceptors (Lipinski definition) is 3. The Morgan fingerprint density at radius 3 is 2.88 bits per heavy atom. The zero-order valence-electron chi connectivity index (χ0n) is 14.7. The molecule has 2 aliphatic rings. The molecule has 2 aliphatic heterocycles. The number of para-hydroxylation sites is 1. The topological polar surface area (TPSA) is 41.4 Å². The Hall–Kier alpha value is -2.14. The van der Waals surface area contributed by atoms with Crippen LogP contribution in [0.4, 0.5) is 0 Å². The summed E-state index contributed by atoms with van der Waals surface area (Å²) in [6, 6.07) is 10.7. The molecule has 132 valence electrons. The Bertz CT molecular complexity index is 711. The summed E-state index contributed by atoms with van der Waals surface area (Å²) in [4.78, 5) is 17.2. The number of hydrogen-bond donors (Lipinski definition) is 0. The number of benzene rings is 1. The number of fused-ring (bicyclic) bond motifs is 1. The molecule has 0 unspecified atom stereocenters. The Kier molecular flexibility index (Phi) is 4.83. The van der Waals surface area contributed by atoms with Gasteiger partial charge in [-0.25, -0.2) is 4.68 Å². The van der Waals surface area contributed by atoms with E-state index in [1.54, 1.807) is 0 Å². The summed E-state index contributed by atoms with van der Waals surface area (Å²) in [5.74, 6) is 0.290. The van der Waals surface area contributed by atoms with Gasteiger partial charge in [0.2, 0.25) is 5.91 Å². The number of aryl methyl sites for hydroxylation is 1. The molecule has 0 bridgehead atoms. The molecule has 0 saturated carbocycles. The van der Waals surface area contributed by atoms with Crippen LogP contribution in [0.15, 0.2) is 42.7 Å². The normalized spacial score (nSPS) is 21.1. The van der Waals surface area contributed by atoms with Crippen LogP contribution in [-0.2, 0) is 11.2 Å². The number of amides is 1. The summed E-state index contributed by atoms with van der Waals surface area (Å²) in [5, 5.41) is 4.42. The molecule has 4 rings (SSSR count). The Labute approximate surface area is 149 Å². The average molecular weight is 338 g/mol. The fourth-order valence-electron chi connectivity index (χ4n) is 4.00. The Morgan fingerprint density at radius 1 is 1.12 bits per heavy atom. The standard InChI is InChI=1S/C20H26N4O/c25-20(23-13-12-22-11-5-4-8-19(22)16-23)10-9-17-14-21-24(15-17)18-6-2-1-3-7-18/h1-3,6-7,14-15,19H,4-5,8-13,16H2/t19-/m1/s1. The van der Waals surface area contributed by atoms with Crippen molar-refractivity contribution in [1.82, 2.24) is 19.6 Å². The van der Waals surface area contributed by atoms with Gasteiger partial charge in [0.25, 0.3) is 0 Å². The predicted molar refractivity (Wildman–Crippen MR) is 97.7 cm³/mol. The van der Waals surface area contributed by atoms with E-state index in [1.165, 1.54) is 25.8 Å². The average Bonchev–Trinajstić information content (AvgIpc) is 3.15. The van der Waals surface area contributed by atoms with Crippen LogP contribution in [0.1, 0.15) is 31.2 Å². The minimum absolute atomic E-state index is 0.290. The van der Waals surface area contributed by atoms with Gasteiger partial charge in [-0.3, -0.25) is 9.69 Å². The number of carbonyl (C=O) groups excluding carboxylic acids is 1. The molecular formula is C20H26N4O. The zero-order chi connectivity index (χ0) is 17.1. The van der Waals surface area contributed by atoms with E-state index in [4.69, 9.17) is 0 Å². The second kappa shape index (κ2) is 7.40. The maximum atomic E-state index is 12.6. The van der Waals surface area contributed by atoms with Crippen LogP contribution in [0.25, 0.3) is 5.69 Å². The molecule has 3 heterocycles. The van der Waals surface area contributed by atoms with E-state index in [0.717, 1.165) is 37.3 Å². The van der Waals surface area contributed by atoms with Crippen molar-refractivity contribution in [2.24, 2.45) is 0 Å². The van der Waals surface area contributed by atoms with Gasteiger partial charge in [0.15, 0.2) is 0 Å². The molecule has 2 saturated heterocycles. The molecule has 25 heavy (non-hydrogen) atoms. The van der Waals surface area contributed by atoms with Crippen molar-refractivity contribution < 1.29 is 4.79 Å². The van der Waals surface area contributed by atoms with Crippen LogP contribution >= 0.6 is 0 Å². The van der Waals surface area contributed by atoms with Crippen molar-refractivity contribution >= 4 is 5.91 Å². The summed E-state index contributed by atoms with van der Waals surface area (Å²) >= 11 is 0. The van der Waals surface area contributed by atoms with Gasteiger partial charge in [-0.1, -0.05) is 24.6 Å². The number of piperidine rings is 1. The number of aromatic nitrogens is 2. The molecule has 0 spiro atoms. The van der Waals surface area contributed by atoms with E-state index >= 15 is 0 Å². The minimum atomic E-state index is 0.290. The van der Waals surface area contributed by atoms with E-state index in [1.807, 2.05) is 47.4 Å². The third-order valence-corrected chi connectivity index (χ3v) is 5.47. The highest BCUT2D eigenvalue weighted by Gasteiger charge is 2.30. The third-order valence-electron chi connectivity index (χ3n) is 5.47. The first kappa shape index (κ1) is 16.3. The van der Waals surface area contributed by atoms with Gasteiger partial charge < -0.3 is 4.90 Å². The van der Waals surface area contributed by atoms with Crippen molar-refractivity contribution in [1.29, 1.82) is 0 Å². The van der Waals surface area contributed by atoms with Crippen LogP contribution in [-0.4, -0.2) is 57.7 Å². The fourth-order valence-corrected chi connectivity index (χ4v) is 4.00. The quantitative estimate of drug-likeness (QED) is 0.860. The highest BCUT2D eigenvalue weighted by atomic mass is 16.2. The van der Waals surface area contributed by atoms with Crippen LogP contribution < -0.4 is 0 Å². The maximum Gasteiger partial charge on any atom is 0.223 e. The van der Waals surface area contributed by atoms with E-state index in [9.17, 15) is 4.79 Å². The van der Waals surface area contributed by atoms with Gasteiger partial charge >= 0.3 is 0 Å². The van der Waals surface area contributed by atoms with Crippen LogP contribution in [0.3, 0.4) is 0 Å². The summed E-state index contributed by atoms with van der Waals surface area (Å²) in [6.45, 7) is 4.06. The molecule has 5 heteroatoms. The maximum absolute atomic E-state index is 12.6. The third kappa shape index (κ3) is 3.76. The molecule has 1 amide bonds. The first-order valence-electron chi connectivity index (χ1n) is 9.40. The lowest BCUT2D eigenvalue weighted by molar-refractivity contribution is -0.134. The van der Waals surface area contributed by atoms with Crippen LogP contribution in [0.5, 0.6) is 0 Å². The van der Waals surface area contributed by atoms with E-state index < -0.39 is 0 Å². The Balaban J connectivity index is 1.31. The second-order valence-corrected chi connectivity index (χ2v) is 7.15. The lowest BCUT2D eigenvalue weighted by Crippen LogP contribution is -2.56. The Morgan fingerprint density at radius 2 is 2.00 bits per heavy atom. The minimum Gasteiger partial charge on any atom is -0.340 e. The van der Waals surface area contributed by atoms with E-state index in [0.29, 0.717) is 12.5 Å². The summed E-state index contributed by atoms with van der Waals surface area (Å²) in [6.07, 6.45) is 9.11. The number of carbonyl (C=O) groups is 1. The van der Waals surface area contributed by atoms with Crippen molar-refractivity contribution in [2.45, 2.75) is 38.1 Å². The van der Waals surface area contributed by atoms with Crippen LogP contribution in [0, 0.1) is 0 Å². The van der Waals surface area contributed by atoms with E-state index in [2.05, 4.69) is 14.9 Å². The summed E-state index contributed by atoms with van der Waals surface area (Å²) in [7, 11) is 0. The van der Waals surface area contributed by atoms with Crippen LogP contribution in [0.2, 0.25) is 0 Å². The largest absolute Gasteiger partial charge is 0.340 e. The molecule has 2 fully saturated rings.